The Morgan fingerprint density at radius 1 is 1.04 bits per heavy atom. The second kappa shape index (κ2) is 8.50. The van der Waals surface area contributed by atoms with E-state index in [4.69, 9.17) is 0 Å². The average molecular weight is 429 g/mol. The van der Waals surface area contributed by atoms with Crippen molar-refractivity contribution in [3.05, 3.63) is 58.3 Å². The summed E-state index contributed by atoms with van der Waals surface area (Å²) in [6.07, 6.45) is 5.86. The van der Waals surface area contributed by atoms with E-state index in [2.05, 4.69) is 55.0 Å². The van der Waals surface area contributed by atoms with Crippen LogP contribution in [-0.4, -0.2) is 60.0 Å². The zero-order chi connectivity index (χ0) is 18.6. The van der Waals surface area contributed by atoms with E-state index in [9.17, 15) is 4.79 Å². The van der Waals surface area contributed by atoms with E-state index >= 15 is 0 Å². The topological polar surface area (TPSA) is 39.7 Å². The third kappa shape index (κ3) is 4.57. The number of halogens is 1. The van der Waals surface area contributed by atoms with Crippen LogP contribution in [0.15, 0.2) is 47.2 Å². The van der Waals surface area contributed by atoms with Crippen molar-refractivity contribution in [2.75, 3.05) is 44.2 Å². The molecule has 1 aromatic heterocycles. The molecule has 1 saturated heterocycles. The lowest BCUT2D eigenvalue weighted by atomic mass is 10.0. The quantitative estimate of drug-likeness (QED) is 0.750. The Kier molecular flexibility index (Phi) is 5.86. The minimum Gasteiger partial charge on any atom is -0.311 e. The van der Waals surface area contributed by atoms with Crippen LogP contribution >= 0.6 is 15.9 Å². The van der Waals surface area contributed by atoms with Crippen LogP contribution < -0.4 is 4.90 Å². The summed E-state index contributed by atoms with van der Waals surface area (Å²) < 4.78 is 1.02. The SMILES string of the molecule is O=C(CN1CCN(Cc2cncc(Br)c2)CC1)N1CCCc2ccccc21. The summed E-state index contributed by atoms with van der Waals surface area (Å²) in [5, 5.41) is 0. The number of piperazine rings is 1. The number of para-hydroxylation sites is 1. The highest BCUT2D eigenvalue weighted by atomic mass is 79.9. The monoisotopic (exact) mass is 428 g/mol. The molecule has 0 atom stereocenters. The number of carbonyl (C=O) groups excluding carboxylic acids is 1. The molecule has 0 bridgehead atoms. The number of hydrogen-bond donors (Lipinski definition) is 0. The van der Waals surface area contributed by atoms with Crippen molar-refractivity contribution < 1.29 is 4.79 Å². The summed E-state index contributed by atoms with van der Waals surface area (Å²) in [6, 6.07) is 10.4. The Morgan fingerprint density at radius 2 is 1.81 bits per heavy atom. The van der Waals surface area contributed by atoms with Gasteiger partial charge in [0.1, 0.15) is 0 Å². The Balaban J connectivity index is 1.30. The van der Waals surface area contributed by atoms with Gasteiger partial charge in [0.2, 0.25) is 5.91 Å². The van der Waals surface area contributed by atoms with E-state index in [0.717, 1.165) is 62.3 Å². The van der Waals surface area contributed by atoms with Gasteiger partial charge in [0.05, 0.1) is 6.54 Å². The second-order valence-corrected chi connectivity index (χ2v) is 8.26. The van der Waals surface area contributed by atoms with Gasteiger partial charge >= 0.3 is 0 Å². The maximum absolute atomic E-state index is 12.9. The normalized spacial score (nSPS) is 18.3. The number of aryl methyl sites for hydroxylation is 1. The Bertz CT molecular complexity index is 804. The average Bonchev–Trinajstić information content (AvgIpc) is 2.69. The fourth-order valence-corrected chi connectivity index (χ4v) is 4.39. The molecule has 2 aliphatic rings. The van der Waals surface area contributed by atoms with Crippen LogP contribution in [-0.2, 0) is 17.8 Å². The van der Waals surface area contributed by atoms with Crippen LogP contribution in [0.3, 0.4) is 0 Å². The molecule has 2 aliphatic heterocycles. The van der Waals surface area contributed by atoms with Crippen LogP contribution in [0.2, 0.25) is 0 Å². The Hall–Kier alpha value is -1.76. The Labute approximate surface area is 169 Å². The van der Waals surface area contributed by atoms with Crippen molar-refractivity contribution >= 4 is 27.5 Å². The first-order valence-electron chi connectivity index (χ1n) is 9.61. The first-order chi connectivity index (χ1) is 13.2. The van der Waals surface area contributed by atoms with E-state index in [1.54, 1.807) is 0 Å². The van der Waals surface area contributed by atoms with E-state index in [-0.39, 0.29) is 5.91 Å². The number of hydrogen-bond acceptors (Lipinski definition) is 4. The van der Waals surface area contributed by atoms with Gasteiger partial charge in [0.15, 0.2) is 0 Å². The number of benzene rings is 1. The third-order valence-corrected chi connectivity index (χ3v) is 5.84. The number of carbonyl (C=O) groups is 1. The van der Waals surface area contributed by atoms with Crippen LogP contribution in [0.1, 0.15) is 17.5 Å². The van der Waals surface area contributed by atoms with Crippen molar-refractivity contribution in [2.45, 2.75) is 19.4 Å². The molecular formula is C21H25BrN4O. The Morgan fingerprint density at radius 3 is 2.63 bits per heavy atom. The number of amides is 1. The largest absolute Gasteiger partial charge is 0.311 e. The van der Waals surface area contributed by atoms with Crippen LogP contribution in [0.25, 0.3) is 0 Å². The lowest BCUT2D eigenvalue weighted by molar-refractivity contribution is -0.120. The number of fused-ring (bicyclic) bond motifs is 1. The molecule has 1 amide bonds. The number of aromatic nitrogens is 1. The van der Waals surface area contributed by atoms with Crippen LogP contribution in [0, 0.1) is 0 Å². The zero-order valence-corrected chi connectivity index (χ0v) is 17.1. The van der Waals surface area contributed by atoms with E-state index in [1.165, 1.54) is 11.1 Å². The maximum atomic E-state index is 12.9. The predicted octanol–water partition coefficient (Wildman–Crippen LogP) is 2.94. The van der Waals surface area contributed by atoms with Gasteiger partial charge in [-0.3, -0.25) is 19.6 Å². The predicted molar refractivity (Wildman–Crippen MR) is 111 cm³/mol. The molecule has 2 aromatic rings. The first kappa shape index (κ1) is 18.6. The molecule has 0 saturated carbocycles. The van der Waals surface area contributed by atoms with Gasteiger partial charge in [0, 0.05) is 61.8 Å². The highest BCUT2D eigenvalue weighted by Crippen LogP contribution is 2.26. The van der Waals surface area contributed by atoms with Crippen molar-refractivity contribution in [1.29, 1.82) is 0 Å². The molecular weight excluding hydrogens is 404 g/mol. The van der Waals surface area contributed by atoms with Gasteiger partial charge in [0.25, 0.3) is 0 Å². The van der Waals surface area contributed by atoms with Gasteiger partial charge in [-0.2, -0.15) is 0 Å². The van der Waals surface area contributed by atoms with Gasteiger partial charge in [-0.15, -0.1) is 0 Å². The number of rotatable bonds is 4. The first-order valence-corrected chi connectivity index (χ1v) is 10.4. The number of anilines is 1. The summed E-state index contributed by atoms with van der Waals surface area (Å²) in [6.45, 7) is 6.10. The molecule has 0 spiro atoms. The van der Waals surface area contributed by atoms with Crippen molar-refractivity contribution in [1.82, 2.24) is 14.8 Å². The highest BCUT2D eigenvalue weighted by molar-refractivity contribution is 9.10. The van der Waals surface area contributed by atoms with Crippen molar-refractivity contribution in [2.24, 2.45) is 0 Å². The number of nitrogens with zero attached hydrogens (tertiary/aromatic N) is 4. The summed E-state index contributed by atoms with van der Waals surface area (Å²) in [4.78, 5) is 23.8. The molecule has 6 heteroatoms. The standard InChI is InChI=1S/C21H25BrN4O/c22-19-12-17(13-23-14-19)15-24-8-10-25(11-9-24)16-21(27)26-7-3-5-18-4-1-2-6-20(18)26/h1-2,4,6,12-14H,3,5,7-11,15-16H2. The molecule has 142 valence electrons. The minimum atomic E-state index is 0.229. The molecule has 0 aliphatic carbocycles. The summed E-state index contributed by atoms with van der Waals surface area (Å²) in [7, 11) is 0. The van der Waals surface area contributed by atoms with E-state index < -0.39 is 0 Å². The lowest BCUT2D eigenvalue weighted by Crippen LogP contribution is -2.50. The fraction of sp³-hybridized carbons (Fsp3) is 0.429. The maximum Gasteiger partial charge on any atom is 0.241 e. The third-order valence-electron chi connectivity index (χ3n) is 5.40. The molecule has 0 radical (unpaired) electrons. The molecule has 0 unspecified atom stereocenters. The van der Waals surface area contributed by atoms with Gasteiger partial charge in [-0.1, -0.05) is 18.2 Å². The smallest absolute Gasteiger partial charge is 0.241 e. The fourth-order valence-electron chi connectivity index (χ4n) is 3.98. The van der Waals surface area contributed by atoms with Gasteiger partial charge in [-0.25, -0.2) is 0 Å². The molecule has 3 heterocycles. The minimum absolute atomic E-state index is 0.229. The van der Waals surface area contributed by atoms with Crippen molar-refractivity contribution in [3.63, 3.8) is 0 Å². The van der Waals surface area contributed by atoms with Crippen LogP contribution in [0.5, 0.6) is 0 Å². The molecule has 0 N–H and O–H groups in total. The molecule has 5 nitrogen and oxygen atoms in total. The van der Waals surface area contributed by atoms with E-state index in [0.29, 0.717) is 6.54 Å². The van der Waals surface area contributed by atoms with Crippen LogP contribution in [0.4, 0.5) is 5.69 Å². The molecule has 1 fully saturated rings. The molecule has 1 aromatic carbocycles. The van der Waals surface area contributed by atoms with E-state index in [1.807, 2.05) is 23.4 Å². The number of pyridine rings is 1. The van der Waals surface area contributed by atoms with Gasteiger partial charge < -0.3 is 4.90 Å². The highest BCUT2D eigenvalue weighted by Gasteiger charge is 2.25. The van der Waals surface area contributed by atoms with Gasteiger partial charge in [-0.05, 0) is 52.0 Å². The lowest BCUT2D eigenvalue weighted by Gasteiger charge is -2.36. The molecule has 4 rings (SSSR count). The second-order valence-electron chi connectivity index (χ2n) is 7.34. The zero-order valence-electron chi connectivity index (χ0n) is 15.5. The summed E-state index contributed by atoms with van der Waals surface area (Å²) >= 11 is 3.48. The molecule has 27 heavy (non-hydrogen) atoms. The summed E-state index contributed by atoms with van der Waals surface area (Å²) in [5.74, 6) is 0.229. The van der Waals surface area contributed by atoms with Crippen molar-refractivity contribution in [3.8, 4) is 0 Å². The summed E-state index contributed by atoms with van der Waals surface area (Å²) in [5.41, 5.74) is 3.62.